The molecule has 1 unspecified atom stereocenters. The van der Waals surface area contributed by atoms with Crippen molar-refractivity contribution in [2.75, 3.05) is 0 Å². The van der Waals surface area contributed by atoms with Crippen LogP contribution in [0.15, 0.2) is 62.2 Å². The number of aliphatic hydroxyl groups is 1. The van der Waals surface area contributed by atoms with Gasteiger partial charge in [0, 0.05) is 18.5 Å². The number of carbonyl (C=O) groups is 1. The standard InChI is InChI=1S/C30H32N6O6/c1-5-9-24-31-26(30(4,39)6-2)25(28(37)40-17-23-18(3)41-29(38)42-23)36(24)16-19-12-14-20(15-13-19)21-10-7-8-11-22(21)27-32-34-35-33-27/h7-8,10-15,39H,5-6,9,16-17H2,1-4H3,(H,32,33,34,35). The molecule has 5 aromatic rings. The van der Waals surface area contributed by atoms with Crippen LogP contribution in [0.25, 0.3) is 22.5 Å². The van der Waals surface area contributed by atoms with E-state index in [4.69, 9.17) is 18.6 Å². The number of nitrogens with one attached hydrogen (secondary N) is 1. The van der Waals surface area contributed by atoms with Gasteiger partial charge in [-0.1, -0.05) is 62.4 Å². The molecular formula is C30H32N6O6. The van der Waals surface area contributed by atoms with Crippen molar-refractivity contribution in [2.45, 2.75) is 65.7 Å². The highest BCUT2D eigenvalue weighted by molar-refractivity contribution is 5.89. The van der Waals surface area contributed by atoms with Crippen LogP contribution in [-0.4, -0.2) is 41.3 Å². The SMILES string of the molecule is CCCc1nc(C(C)(O)CC)c(C(=O)OCc2oc(=O)oc2C)n1Cc1ccc(-c2ccccc2-c2nn[nH]n2)cc1. The van der Waals surface area contributed by atoms with Gasteiger partial charge in [0.05, 0.1) is 0 Å². The third kappa shape index (κ3) is 5.79. The minimum atomic E-state index is -1.37. The molecule has 0 fully saturated rings. The van der Waals surface area contributed by atoms with E-state index in [0.717, 1.165) is 28.7 Å². The molecule has 0 bridgehead atoms. The number of tetrazole rings is 1. The number of carbonyl (C=O) groups excluding carboxylic acids is 1. The van der Waals surface area contributed by atoms with Crippen LogP contribution < -0.4 is 5.82 Å². The zero-order valence-electron chi connectivity index (χ0n) is 23.9. The summed E-state index contributed by atoms with van der Waals surface area (Å²) < 4.78 is 17.2. The summed E-state index contributed by atoms with van der Waals surface area (Å²) in [7, 11) is 0. The molecule has 3 heterocycles. The van der Waals surface area contributed by atoms with Crippen LogP contribution in [0.2, 0.25) is 0 Å². The number of hydrogen-bond donors (Lipinski definition) is 2. The molecule has 2 N–H and O–H groups in total. The van der Waals surface area contributed by atoms with Crippen LogP contribution in [0, 0.1) is 6.92 Å². The molecule has 1 atom stereocenters. The quantitative estimate of drug-likeness (QED) is 0.215. The molecule has 0 saturated heterocycles. The Hall–Kier alpha value is -4.84. The second kappa shape index (κ2) is 12.0. The largest absolute Gasteiger partial charge is 0.519 e. The number of hydrogen-bond acceptors (Lipinski definition) is 10. The molecule has 0 radical (unpaired) electrons. The number of H-pyrrole nitrogens is 1. The van der Waals surface area contributed by atoms with Gasteiger partial charge in [-0.3, -0.25) is 0 Å². The lowest BCUT2D eigenvalue weighted by molar-refractivity contribution is 0.0345. The van der Waals surface area contributed by atoms with Crippen molar-refractivity contribution in [2.24, 2.45) is 0 Å². The first-order valence-corrected chi connectivity index (χ1v) is 13.7. The summed E-state index contributed by atoms with van der Waals surface area (Å²) in [5.41, 5.74) is 2.70. The highest BCUT2D eigenvalue weighted by Gasteiger charge is 2.34. The first-order chi connectivity index (χ1) is 20.2. The number of benzene rings is 2. The van der Waals surface area contributed by atoms with Crippen molar-refractivity contribution < 1.29 is 23.5 Å². The summed E-state index contributed by atoms with van der Waals surface area (Å²) in [6.07, 6.45) is 1.70. The molecule has 12 heteroatoms. The lowest BCUT2D eigenvalue weighted by atomic mass is 9.97. The van der Waals surface area contributed by atoms with Crippen molar-refractivity contribution in [1.29, 1.82) is 0 Å². The van der Waals surface area contributed by atoms with Crippen LogP contribution in [0.1, 0.15) is 72.7 Å². The molecule has 0 saturated carbocycles. The van der Waals surface area contributed by atoms with E-state index in [9.17, 15) is 14.7 Å². The lowest BCUT2D eigenvalue weighted by Crippen LogP contribution is -2.25. The Labute approximate surface area is 241 Å². The molecule has 12 nitrogen and oxygen atoms in total. The summed E-state index contributed by atoms with van der Waals surface area (Å²) in [5, 5.41) is 25.6. The summed E-state index contributed by atoms with van der Waals surface area (Å²) in [4.78, 5) is 29.8. The van der Waals surface area contributed by atoms with Crippen molar-refractivity contribution in [1.82, 2.24) is 30.2 Å². The first kappa shape index (κ1) is 28.7. The first-order valence-electron chi connectivity index (χ1n) is 13.7. The van der Waals surface area contributed by atoms with E-state index in [-0.39, 0.29) is 29.5 Å². The number of aromatic nitrogens is 6. The maximum Gasteiger partial charge on any atom is 0.519 e. The smallest absolute Gasteiger partial charge is 0.453 e. The third-order valence-corrected chi connectivity index (χ3v) is 7.20. The fraction of sp³-hybridized carbons (Fsp3) is 0.333. The van der Waals surface area contributed by atoms with Crippen molar-refractivity contribution in [3.63, 3.8) is 0 Å². The average Bonchev–Trinajstić information content (AvgIpc) is 3.72. The van der Waals surface area contributed by atoms with Gasteiger partial charge in [0.15, 0.2) is 23.8 Å². The summed E-state index contributed by atoms with van der Waals surface area (Å²) >= 11 is 0. The van der Waals surface area contributed by atoms with E-state index in [1.54, 1.807) is 18.4 Å². The van der Waals surface area contributed by atoms with Gasteiger partial charge in [-0.25, -0.2) is 14.6 Å². The molecule has 42 heavy (non-hydrogen) atoms. The normalized spacial score (nSPS) is 12.8. The van der Waals surface area contributed by atoms with Gasteiger partial charge in [0.1, 0.15) is 17.1 Å². The second-order valence-electron chi connectivity index (χ2n) is 10.2. The number of nitrogens with zero attached hydrogens (tertiary/aromatic N) is 5. The molecule has 0 spiro atoms. The van der Waals surface area contributed by atoms with Gasteiger partial charge in [-0.15, -0.1) is 10.2 Å². The zero-order valence-corrected chi connectivity index (χ0v) is 23.9. The predicted octanol–water partition coefficient (Wildman–Crippen LogP) is 4.56. The van der Waals surface area contributed by atoms with Gasteiger partial charge >= 0.3 is 11.8 Å². The number of aryl methyl sites for hydroxylation is 2. The summed E-state index contributed by atoms with van der Waals surface area (Å²) in [5.74, 6) is -0.0516. The van der Waals surface area contributed by atoms with E-state index >= 15 is 0 Å². The maximum absolute atomic E-state index is 13.6. The molecule has 5 rings (SSSR count). The van der Waals surface area contributed by atoms with Crippen LogP contribution in [0.5, 0.6) is 0 Å². The topological polar surface area (TPSA) is 162 Å². The molecule has 0 aliphatic carbocycles. The predicted molar refractivity (Wildman–Crippen MR) is 151 cm³/mol. The number of esters is 1. The van der Waals surface area contributed by atoms with Gasteiger partial charge in [0.2, 0.25) is 5.82 Å². The van der Waals surface area contributed by atoms with Gasteiger partial charge in [-0.05, 0) is 48.6 Å². The fourth-order valence-corrected chi connectivity index (χ4v) is 4.72. The fourth-order valence-electron chi connectivity index (χ4n) is 4.72. The molecule has 3 aromatic heterocycles. The molecule has 0 aliphatic rings. The molecule has 2 aromatic carbocycles. The van der Waals surface area contributed by atoms with Gasteiger partial charge in [-0.2, -0.15) is 5.21 Å². The molecule has 0 aliphatic heterocycles. The Morgan fingerprint density at radius 3 is 2.45 bits per heavy atom. The van der Waals surface area contributed by atoms with Crippen LogP contribution in [0.4, 0.5) is 0 Å². The Balaban J connectivity index is 1.50. The minimum Gasteiger partial charge on any atom is -0.453 e. The second-order valence-corrected chi connectivity index (χ2v) is 10.2. The third-order valence-electron chi connectivity index (χ3n) is 7.20. The maximum atomic E-state index is 13.6. The van der Waals surface area contributed by atoms with Crippen molar-refractivity contribution in [3.05, 3.63) is 93.4 Å². The van der Waals surface area contributed by atoms with E-state index < -0.39 is 17.4 Å². The molecule has 0 amide bonds. The number of aromatic amines is 1. The molecular weight excluding hydrogens is 540 g/mol. The summed E-state index contributed by atoms with van der Waals surface area (Å²) in [6.45, 7) is 7.04. The van der Waals surface area contributed by atoms with Crippen molar-refractivity contribution in [3.8, 4) is 22.5 Å². The average molecular weight is 573 g/mol. The Morgan fingerprint density at radius 1 is 1.10 bits per heavy atom. The highest BCUT2D eigenvalue weighted by Crippen LogP contribution is 2.32. The summed E-state index contributed by atoms with van der Waals surface area (Å²) in [6, 6.07) is 15.7. The lowest BCUT2D eigenvalue weighted by Gasteiger charge is -2.21. The van der Waals surface area contributed by atoms with E-state index in [1.807, 2.05) is 62.4 Å². The van der Waals surface area contributed by atoms with E-state index in [0.29, 0.717) is 31.0 Å². The number of rotatable bonds is 11. The Bertz CT molecular complexity index is 1730. The molecule has 218 valence electrons. The monoisotopic (exact) mass is 572 g/mol. The van der Waals surface area contributed by atoms with Crippen LogP contribution in [0.3, 0.4) is 0 Å². The van der Waals surface area contributed by atoms with E-state index in [2.05, 4.69) is 20.6 Å². The van der Waals surface area contributed by atoms with Crippen molar-refractivity contribution >= 4 is 5.97 Å². The zero-order chi connectivity index (χ0) is 29.9. The van der Waals surface area contributed by atoms with E-state index in [1.165, 1.54) is 0 Å². The number of imidazole rings is 1. The highest BCUT2D eigenvalue weighted by atomic mass is 16.6. The Morgan fingerprint density at radius 2 is 1.83 bits per heavy atom. The minimum absolute atomic E-state index is 0.119. The number of ether oxygens (including phenoxy) is 1. The Kier molecular flexibility index (Phi) is 8.16. The van der Waals surface area contributed by atoms with Gasteiger partial charge in [0.25, 0.3) is 0 Å². The van der Waals surface area contributed by atoms with Crippen LogP contribution >= 0.6 is 0 Å². The van der Waals surface area contributed by atoms with Gasteiger partial charge < -0.3 is 23.2 Å². The van der Waals surface area contributed by atoms with Crippen LogP contribution in [-0.2, 0) is 29.9 Å².